The maximum Gasteiger partial charge on any atom is 0.161 e. The number of hydrogen-bond donors (Lipinski definition) is 1. The predicted octanol–water partition coefficient (Wildman–Crippen LogP) is 3.76. The molecule has 3 rings (SSSR count). The van der Waals surface area contributed by atoms with Crippen LogP contribution in [0.5, 0.6) is 11.5 Å². The van der Waals surface area contributed by atoms with E-state index in [-0.39, 0.29) is 24.2 Å². The molecular weight excluding hydrogens is 333 g/mol. The molecule has 0 radical (unpaired) electrons. The number of ether oxygens (including phenoxy) is 2. The maximum atomic E-state index is 12.5. The van der Waals surface area contributed by atoms with Gasteiger partial charge in [-0.05, 0) is 53.9 Å². The summed E-state index contributed by atoms with van der Waals surface area (Å²) in [5.74, 6) is 1.58. The summed E-state index contributed by atoms with van der Waals surface area (Å²) < 4.78 is 23.5. The highest BCUT2D eigenvalue weighted by molar-refractivity contribution is 5.49. The van der Waals surface area contributed by atoms with E-state index in [1.165, 1.54) is 11.1 Å². The number of rotatable bonds is 5. The molecule has 0 saturated carbocycles. The molecule has 0 aliphatic carbocycles. The summed E-state index contributed by atoms with van der Waals surface area (Å²) in [5, 5.41) is 10.8. The van der Waals surface area contributed by atoms with Crippen molar-refractivity contribution in [3.05, 3.63) is 23.3 Å². The minimum absolute atomic E-state index is 0.0396. The molecule has 1 aromatic carbocycles. The standard InChI is InChI=1S/C21H32FNO3/c1-21(2,3)12-15-13-23-7-5-14-9-20(26-8-6-22)19(25-4)10-16(14)17(23)11-18(15)24/h9-10,15,17-18,24H,5-8,11-13H2,1-4H3/t15-,17-,18?/m1/s1. The van der Waals surface area contributed by atoms with Crippen molar-refractivity contribution < 1.29 is 19.0 Å². The van der Waals surface area contributed by atoms with Gasteiger partial charge in [-0.25, -0.2) is 4.39 Å². The van der Waals surface area contributed by atoms with E-state index >= 15 is 0 Å². The van der Waals surface area contributed by atoms with Gasteiger partial charge < -0.3 is 14.6 Å². The van der Waals surface area contributed by atoms with Gasteiger partial charge in [0, 0.05) is 19.1 Å². The van der Waals surface area contributed by atoms with Crippen LogP contribution in [-0.4, -0.2) is 49.6 Å². The second kappa shape index (κ2) is 7.73. The highest BCUT2D eigenvalue weighted by atomic mass is 19.1. The number of hydrogen-bond acceptors (Lipinski definition) is 4. The molecule has 0 amide bonds. The normalized spacial score (nSPS) is 26.2. The van der Waals surface area contributed by atoms with Gasteiger partial charge in [0.15, 0.2) is 11.5 Å². The molecule has 2 heterocycles. The minimum Gasteiger partial charge on any atom is -0.493 e. The zero-order chi connectivity index (χ0) is 18.9. The van der Waals surface area contributed by atoms with Crippen molar-refractivity contribution in [1.29, 1.82) is 0 Å². The van der Waals surface area contributed by atoms with E-state index < -0.39 is 6.67 Å². The Labute approximate surface area is 156 Å². The molecule has 1 aromatic rings. The van der Waals surface area contributed by atoms with Gasteiger partial charge in [0.2, 0.25) is 0 Å². The molecule has 0 aromatic heterocycles. The molecule has 1 N–H and O–H groups in total. The summed E-state index contributed by atoms with van der Waals surface area (Å²) in [6, 6.07) is 4.24. The van der Waals surface area contributed by atoms with E-state index in [4.69, 9.17) is 9.47 Å². The first-order valence-electron chi connectivity index (χ1n) is 9.64. The third-order valence-electron chi connectivity index (χ3n) is 5.58. The zero-order valence-electron chi connectivity index (χ0n) is 16.4. The van der Waals surface area contributed by atoms with Crippen LogP contribution in [0.4, 0.5) is 4.39 Å². The summed E-state index contributed by atoms with van der Waals surface area (Å²) in [7, 11) is 1.61. The van der Waals surface area contributed by atoms with Crippen molar-refractivity contribution in [2.75, 3.05) is 33.5 Å². The van der Waals surface area contributed by atoms with Crippen LogP contribution in [0.15, 0.2) is 12.1 Å². The Bertz CT molecular complexity index is 628. The molecule has 2 aliphatic heterocycles. The van der Waals surface area contributed by atoms with Crippen molar-refractivity contribution in [1.82, 2.24) is 4.90 Å². The van der Waals surface area contributed by atoms with Gasteiger partial charge in [0.25, 0.3) is 0 Å². The second-order valence-corrected chi connectivity index (χ2v) is 8.83. The fourth-order valence-corrected chi connectivity index (χ4v) is 4.51. The highest BCUT2D eigenvalue weighted by Gasteiger charge is 2.39. The van der Waals surface area contributed by atoms with E-state index in [2.05, 4.69) is 25.7 Å². The number of aliphatic hydroxyl groups is 1. The lowest BCUT2D eigenvalue weighted by Crippen LogP contribution is -2.48. The summed E-state index contributed by atoms with van der Waals surface area (Å²) >= 11 is 0. The maximum absolute atomic E-state index is 12.5. The predicted molar refractivity (Wildman–Crippen MR) is 101 cm³/mol. The Morgan fingerprint density at radius 2 is 2.04 bits per heavy atom. The molecule has 26 heavy (non-hydrogen) atoms. The largest absolute Gasteiger partial charge is 0.493 e. The number of fused-ring (bicyclic) bond motifs is 3. The lowest BCUT2D eigenvalue weighted by atomic mass is 9.75. The van der Waals surface area contributed by atoms with Gasteiger partial charge >= 0.3 is 0 Å². The molecular formula is C21H32FNO3. The summed E-state index contributed by atoms with van der Waals surface area (Å²) in [4.78, 5) is 2.51. The number of methoxy groups -OCH3 is 1. The van der Waals surface area contributed by atoms with E-state index in [1.807, 2.05) is 12.1 Å². The Morgan fingerprint density at radius 1 is 1.27 bits per heavy atom. The first-order valence-corrected chi connectivity index (χ1v) is 9.64. The average Bonchev–Trinajstić information content (AvgIpc) is 2.58. The average molecular weight is 365 g/mol. The fraction of sp³-hybridized carbons (Fsp3) is 0.714. The van der Waals surface area contributed by atoms with Crippen molar-refractivity contribution in [2.45, 2.75) is 52.2 Å². The molecule has 4 nitrogen and oxygen atoms in total. The first-order chi connectivity index (χ1) is 12.3. The topological polar surface area (TPSA) is 41.9 Å². The summed E-state index contributed by atoms with van der Waals surface area (Å²) in [5.41, 5.74) is 2.66. The number of alkyl halides is 1. The van der Waals surface area contributed by atoms with E-state index in [1.54, 1.807) is 7.11 Å². The van der Waals surface area contributed by atoms with Crippen LogP contribution in [0.25, 0.3) is 0 Å². The highest BCUT2D eigenvalue weighted by Crippen LogP contribution is 2.44. The molecule has 1 unspecified atom stereocenters. The van der Waals surface area contributed by atoms with Crippen molar-refractivity contribution in [3.63, 3.8) is 0 Å². The van der Waals surface area contributed by atoms with E-state index in [9.17, 15) is 9.50 Å². The van der Waals surface area contributed by atoms with Gasteiger partial charge in [-0.15, -0.1) is 0 Å². The minimum atomic E-state index is -0.516. The zero-order valence-corrected chi connectivity index (χ0v) is 16.4. The van der Waals surface area contributed by atoms with Crippen molar-refractivity contribution in [2.24, 2.45) is 11.3 Å². The van der Waals surface area contributed by atoms with Crippen LogP contribution < -0.4 is 9.47 Å². The van der Waals surface area contributed by atoms with E-state index in [0.717, 1.165) is 32.4 Å². The first kappa shape index (κ1) is 19.4. The third-order valence-corrected chi connectivity index (χ3v) is 5.58. The van der Waals surface area contributed by atoms with Gasteiger partial charge in [0.1, 0.15) is 13.3 Å². The van der Waals surface area contributed by atoms with Crippen LogP contribution in [0.2, 0.25) is 0 Å². The van der Waals surface area contributed by atoms with Crippen LogP contribution in [0.3, 0.4) is 0 Å². The molecule has 1 fully saturated rings. The number of piperidine rings is 1. The monoisotopic (exact) mass is 365 g/mol. The smallest absolute Gasteiger partial charge is 0.161 e. The lowest BCUT2D eigenvalue weighted by Gasteiger charge is -2.47. The summed E-state index contributed by atoms with van der Waals surface area (Å²) in [6.07, 6.45) is 2.44. The molecule has 146 valence electrons. The number of benzene rings is 1. The molecule has 2 aliphatic rings. The SMILES string of the molecule is COc1cc2c(cc1OCCF)CCN1C[C@@H](CC(C)(C)C)C(O)C[C@H]21. The molecule has 1 saturated heterocycles. The van der Waals surface area contributed by atoms with Gasteiger partial charge in [-0.1, -0.05) is 20.8 Å². The number of nitrogens with zero attached hydrogens (tertiary/aromatic N) is 1. The molecule has 5 heteroatoms. The van der Waals surface area contributed by atoms with Gasteiger partial charge in [-0.2, -0.15) is 0 Å². The summed E-state index contributed by atoms with van der Waals surface area (Å²) in [6.45, 7) is 8.16. The van der Waals surface area contributed by atoms with Crippen molar-refractivity contribution >= 4 is 0 Å². The van der Waals surface area contributed by atoms with Crippen LogP contribution in [0, 0.1) is 11.3 Å². The fourth-order valence-electron chi connectivity index (χ4n) is 4.51. The number of halogens is 1. The van der Waals surface area contributed by atoms with Crippen LogP contribution >= 0.6 is 0 Å². The van der Waals surface area contributed by atoms with Gasteiger partial charge in [0.05, 0.1) is 13.2 Å². The number of aliphatic hydroxyl groups excluding tert-OH is 1. The van der Waals surface area contributed by atoms with Crippen LogP contribution in [-0.2, 0) is 6.42 Å². The quantitative estimate of drug-likeness (QED) is 0.863. The van der Waals surface area contributed by atoms with Crippen molar-refractivity contribution in [3.8, 4) is 11.5 Å². The third kappa shape index (κ3) is 4.15. The Kier molecular flexibility index (Phi) is 5.78. The molecule has 0 bridgehead atoms. The van der Waals surface area contributed by atoms with E-state index in [0.29, 0.717) is 17.4 Å². The van der Waals surface area contributed by atoms with Gasteiger partial charge in [-0.3, -0.25) is 4.90 Å². The molecule has 0 spiro atoms. The Hall–Kier alpha value is -1.33. The second-order valence-electron chi connectivity index (χ2n) is 8.83. The molecule has 3 atom stereocenters. The lowest BCUT2D eigenvalue weighted by molar-refractivity contribution is -0.0259. The Morgan fingerprint density at radius 3 is 2.69 bits per heavy atom. The van der Waals surface area contributed by atoms with Crippen LogP contribution in [0.1, 0.15) is 50.8 Å². The Balaban J connectivity index is 1.83.